The molecule has 1 unspecified atom stereocenters. The summed E-state index contributed by atoms with van der Waals surface area (Å²) in [7, 11) is 1.59. The fourth-order valence-corrected chi connectivity index (χ4v) is 3.98. The zero-order valence-corrected chi connectivity index (χ0v) is 17.9. The van der Waals surface area contributed by atoms with E-state index in [1.54, 1.807) is 13.2 Å². The average Bonchev–Trinajstić information content (AvgIpc) is 3.49. The molecule has 1 aromatic heterocycles. The van der Waals surface area contributed by atoms with Gasteiger partial charge < -0.3 is 14.2 Å². The molecule has 160 valence electrons. The Hall–Kier alpha value is -3.23. The highest BCUT2D eigenvalue weighted by Gasteiger charge is 2.22. The summed E-state index contributed by atoms with van der Waals surface area (Å²) in [5.74, 6) is 0.964. The first kappa shape index (κ1) is 21.0. The Balaban J connectivity index is 1.35. The zero-order chi connectivity index (χ0) is 21.5. The summed E-state index contributed by atoms with van der Waals surface area (Å²) in [6.45, 7) is 1.19. The minimum atomic E-state index is -0.279. The van der Waals surface area contributed by atoms with E-state index in [4.69, 9.17) is 14.2 Å². The van der Waals surface area contributed by atoms with Crippen LogP contribution in [-0.4, -0.2) is 29.8 Å². The van der Waals surface area contributed by atoms with Crippen LogP contribution >= 0.6 is 11.3 Å². The molecule has 2 aromatic carbocycles. The molecule has 1 atom stereocenters. The standard InChI is InChI=1S/C23H23N3O4S/c1-28-20-14-16(9-11-18(20)30-15-17-6-3-2-4-7-17)10-12-21(27)24-23-26-25-22(31-23)19-8-5-13-29-19/h2-4,6-7,9-12,14,19H,5,8,13,15H2,1H3,(H,24,26,27). The molecule has 0 aliphatic carbocycles. The summed E-state index contributed by atoms with van der Waals surface area (Å²) in [6, 6.07) is 15.4. The van der Waals surface area contributed by atoms with Crippen molar-refractivity contribution < 1.29 is 19.0 Å². The topological polar surface area (TPSA) is 82.6 Å². The van der Waals surface area contributed by atoms with E-state index in [9.17, 15) is 4.79 Å². The number of hydrogen-bond donors (Lipinski definition) is 1. The van der Waals surface area contributed by atoms with Crippen LogP contribution in [0.5, 0.6) is 11.5 Å². The summed E-state index contributed by atoms with van der Waals surface area (Å²) in [6.07, 6.45) is 5.12. The van der Waals surface area contributed by atoms with Gasteiger partial charge in [-0.3, -0.25) is 10.1 Å². The molecule has 8 heteroatoms. The van der Waals surface area contributed by atoms with Crippen molar-refractivity contribution in [2.75, 3.05) is 19.0 Å². The van der Waals surface area contributed by atoms with Gasteiger partial charge in [0, 0.05) is 12.7 Å². The Labute approximate surface area is 184 Å². The van der Waals surface area contributed by atoms with Crippen molar-refractivity contribution >= 4 is 28.5 Å². The van der Waals surface area contributed by atoms with Gasteiger partial charge in [0.2, 0.25) is 11.0 Å². The minimum absolute atomic E-state index is 0.00576. The lowest BCUT2D eigenvalue weighted by molar-refractivity contribution is -0.111. The maximum atomic E-state index is 12.3. The van der Waals surface area contributed by atoms with Crippen molar-refractivity contribution in [1.82, 2.24) is 10.2 Å². The molecule has 4 rings (SSSR count). The van der Waals surface area contributed by atoms with Gasteiger partial charge in [0.25, 0.3) is 0 Å². The minimum Gasteiger partial charge on any atom is -0.493 e. The molecule has 2 heterocycles. The van der Waals surface area contributed by atoms with Gasteiger partial charge in [-0.05, 0) is 42.2 Å². The molecule has 0 radical (unpaired) electrons. The number of methoxy groups -OCH3 is 1. The zero-order valence-electron chi connectivity index (χ0n) is 17.1. The van der Waals surface area contributed by atoms with Gasteiger partial charge in [-0.1, -0.05) is 47.7 Å². The third-order valence-corrected chi connectivity index (χ3v) is 5.66. The molecule has 7 nitrogen and oxygen atoms in total. The van der Waals surface area contributed by atoms with Gasteiger partial charge >= 0.3 is 0 Å². The van der Waals surface area contributed by atoms with Crippen LogP contribution < -0.4 is 14.8 Å². The van der Waals surface area contributed by atoms with E-state index in [1.807, 2.05) is 48.5 Å². The third kappa shape index (κ3) is 5.68. The van der Waals surface area contributed by atoms with E-state index in [0.717, 1.165) is 35.6 Å². The number of nitrogens with one attached hydrogen (secondary N) is 1. The van der Waals surface area contributed by atoms with Crippen molar-refractivity contribution in [2.24, 2.45) is 0 Å². The number of aromatic nitrogens is 2. The van der Waals surface area contributed by atoms with E-state index in [2.05, 4.69) is 15.5 Å². The number of anilines is 1. The Kier molecular flexibility index (Phi) is 6.91. The van der Waals surface area contributed by atoms with Crippen LogP contribution in [0.15, 0.2) is 54.6 Å². The lowest BCUT2D eigenvalue weighted by Gasteiger charge is -2.11. The van der Waals surface area contributed by atoms with E-state index in [0.29, 0.717) is 23.2 Å². The lowest BCUT2D eigenvalue weighted by Crippen LogP contribution is -2.07. The largest absolute Gasteiger partial charge is 0.493 e. The lowest BCUT2D eigenvalue weighted by atomic mass is 10.2. The molecule has 1 aliphatic rings. The number of rotatable bonds is 8. The van der Waals surface area contributed by atoms with Crippen LogP contribution in [0.2, 0.25) is 0 Å². The molecule has 0 saturated carbocycles. The van der Waals surface area contributed by atoms with Crippen molar-refractivity contribution in [1.29, 1.82) is 0 Å². The smallest absolute Gasteiger partial charge is 0.250 e. The third-order valence-electron chi connectivity index (χ3n) is 4.73. The van der Waals surface area contributed by atoms with Crippen LogP contribution in [0.25, 0.3) is 6.08 Å². The molecule has 31 heavy (non-hydrogen) atoms. The summed E-state index contributed by atoms with van der Waals surface area (Å²) in [5.41, 5.74) is 1.89. The van der Waals surface area contributed by atoms with Crippen molar-refractivity contribution in [2.45, 2.75) is 25.6 Å². The van der Waals surface area contributed by atoms with Crippen LogP contribution in [0.4, 0.5) is 5.13 Å². The Bertz CT molecular complexity index is 1050. The molecular weight excluding hydrogens is 414 g/mol. The summed E-state index contributed by atoms with van der Waals surface area (Å²) < 4.78 is 16.9. The predicted molar refractivity (Wildman–Crippen MR) is 119 cm³/mol. The molecule has 3 aromatic rings. The van der Waals surface area contributed by atoms with E-state index in [1.165, 1.54) is 17.4 Å². The highest BCUT2D eigenvalue weighted by atomic mass is 32.1. The van der Waals surface area contributed by atoms with Gasteiger partial charge in [0.05, 0.1) is 7.11 Å². The number of amides is 1. The SMILES string of the molecule is COc1cc(C=CC(=O)Nc2nnc(C3CCCO3)s2)ccc1OCc1ccccc1. The monoisotopic (exact) mass is 437 g/mol. The van der Waals surface area contributed by atoms with Crippen molar-refractivity contribution in [3.8, 4) is 11.5 Å². The van der Waals surface area contributed by atoms with Crippen molar-refractivity contribution in [3.63, 3.8) is 0 Å². The van der Waals surface area contributed by atoms with Crippen LogP contribution in [0.3, 0.4) is 0 Å². The number of hydrogen-bond acceptors (Lipinski definition) is 7. The number of carbonyl (C=O) groups is 1. The van der Waals surface area contributed by atoms with E-state index >= 15 is 0 Å². The second kappa shape index (κ2) is 10.2. The summed E-state index contributed by atoms with van der Waals surface area (Å²) >= 11 is 1.34. The number of carbonyl (C=O) groups excluding carboxylic acids is 1. The maximum absolute atomic E-state index is 12.3. The van der Waals surface area contributed by atoms with Gasteiger partial charge in [0.1, 0.15) is 17.7 Å². The maximum Gasteiger partial charge on any atom is 0.250 e. The number of ether oxygens (including phenoxy) is 3. The summed E-state index contributed by atoms with van der Waals surface area (Å²) in [5, 5.41) is 12.1. The number of benzene rings is 2. The van der Waals surface area contributed by atoms with Crippen LogP contribution in [0.1, 0.15) is 35.1 Å². The fourth-order valence-electron chi connectivity index (χ4n) is 3.15. The first-order chi connectivity index (χ1) is 15.2. The molecular formula is C23H23N3O4S. The molecule has 1 N–H and O–H groups in total. The second-order valence-electron chi connectivity index (χ2n) is 6.95. The van der Waals surface area contributed by atoms with Gasteiger partial charge in [-0.25, -0.2) is 0 Å². The Morgan fingerprint density at radius 3 is 2.87 bits per heavy atom. The van der Waals surface area contributed by atoms with E-state index < -0.39 is 0 Å². The van der Waals surface area contributed by atoms with Gasteiger partial charge in [0.15, 0.2) is 11.5 Å². The Morgan fingerprint density at radius 1 is 1.23 bits per heavy atom. The Morgan fingerprint density at radius 2 is 2.10 bits per heavy atom. The average molecular weight is 438 g/mol. The first-order valence-electron chi connectivity index (χ1n) is 10.00. The molecule has 1 fully saturated rings. The normalized spacial score (nSPS) is 15.8. The number of nitrogens with zero attached hydrogens (tertiary/aromatic N) is 2. The highest BCUT2D eigenvalue weighted by Crippen LogP contribution is 2.32. The second-order valence-corrected chi connectivity index (χ2v) is 7.96. The molecule has 0 spiro atoms. The fraction of sp³-hybridized carbons (Fsp3) is 0.261. The first-order valence-corrected chi connectivity index (χ1v) is 10.8. The predicted octanol–water partition coefficient (Wildman–Crippen LogP) is 4.63. The van der Waals surface area contributed by atoms with Crippen molar-refractivity contribution in [3.05, 3.63) is 70.7 Å². The molecule has 1 aliphatic heterocycles. The van der Waals surface area contributed by atoms with Gasteiger partial charge in [-0.2, -0.15) is 0 Å². The van der Waals surface area contributed by atoms with Crippen LogP contribution in [0, 0.1) is 0 Å². The summed E-state index contributed by atoms with van der Waals surface area (Å²) in [4.78, 5) is 12.3. The van der Waals surface area contributed by atoms with Crippen LogP contribution in [-0.2, 0) is 16.1 Å². The quantitative estimate of drug-likeness (QED) is 0.518. The highest BCUT2D eigenvalue weighted by molar-refractivity contribution is 7.15. The van der Waals surface area contributed by atoms with E-state index in [-0.39, 0.29) is 12.0 Å². The molecule has 1 saturated heterocycles. The molecule has 1 amide bonds. The molecule has 0 bridgehead atoms. The van der Waals surface area contributed by atoms with Gasteiger partial charge in [-0.15, -0.1) is 10.2 Å².